The van der Waals surface area contributed by atoms with Crippen LogP contribution in [0, 0.1) is 0 Å². The molecule has 0 aromatic heterocycles. The summed E-state index contributed by atoms with van der Waals surface area (Å²) in [5, 5.41) is 44.0. The zero-order valence-electron chi connectivity index (χ0n) is 17.9. The number of carboxylic acids is 1. The highest BCUT2D eigenvalue weighted by Gasteiger charge is 2.32. The molecule has 32 heavy (non-hydrogen) atoms. The molecule has 6 atom stereocenters. The Balaban J connectivity index is 5.45. The molecule has 0 aliphatic carbocycles. The normalized spacial score (nSPS) is 16.4. The third-order valence-corrected chi connectivity index (χ3v) is 4.26. The van der Waals surface area contributed by atoms with Crippen LogP contribution in [0.2, 0.25) is 0 Å². The van der Waals surface area contributed by atoms with Gasteiger partial charge in [0.25, 0.3) is 0 Å². The van der Waals surface area contributed by atoms with Crippen LogP contribution in [0.15, 0.2) is 4.99 Å². The van der Waals surface area contributed by atoms with Crippen molar-refractivity contribution < 1.29 is 39.6 Å². The largest absolute Gasteiger partial charge is 0.480 e. The summed E-state index contributed by atoms with van der Waals surface area (Å²) >= 11 is 0. The van der Waals surface area contributed by atoms with Crippen LogP contribution in [0.5, 0.6) is 0 Å². The second kappa shape index (κ2) is 14.1. The Morgan fingerprint density at radius 1 is 0.906 bits per heavy atom. The number of nitrogens with two attached hydrogens (primary N) is 3. The van der Waals surface area contributed by atoms with E-state index in [-0.39, 0.29) is 25.3 Å². The number of hydrogen-bond donors (Lipinski definition) is 10. The van der Waals surface area contributed by atoms with E-state index in [9.17, 15) is 29.4 Å². The molecule has 0 saturated heterocycles. The van der Waals surface area contributed by atoms with Crippen molar-refractivity contribution in [3.8, 4) is 0 Å². The number of carbonyl (C=O) groups excluding carboxylic acids is 3. The first-order chi connectivity index (χ1) is 14.8. The number of amides is 3. The van der Waals surface area contributed by atoms with E-state index in [2.05, 4.69) is 20.9 Å². The van der Waals surface area contributed by atoms with Crippen LogP contribution in [0.25, 0.3) is 0 Å². The van der Waals surface area contributed by atoms with Gasteiger partial charge in [-0.05, 0) is 26.7 Å². The molecule has 184 valence electrons. The first-order valence-electron chi connectivity index (χ1n) is 9.73. The summed E-state index contributed by atoms with van der Waals surface area (Å²) in [6.45, 7) is 1.68. The maximum Gasteiger partial charge on any atom is 0.328 e. The summed E-state index contributed by atoms with van der Waals surface area (Å²) in [6, 6.07) is -5.83. The van der Waals surface area contributed by atoms with Crippen molar-refractivity contribution in [2.24, 2.45) is 22.2 Å². The molecule has 3 amide bonds. The Morgan fingerprint density at radius 3 is 1.91 bits per heavy atom. The smallest absolute Gasteiger partial charge is 0.328 e. The average molecular weight is 463 g/mol. The highest BCUT2D eigenvalue weighted by atomic mass is 16.4. The predicted octanol–water partition coefficient (Wildman–Crippen LogP) is -5.34. The van der Waals surface area contributed by atoms with Crippen LogP contribution in [0.1, 0.15) is 26.7 Å². The number of nitrogens with one attached hydrogen (secondary N) is 3. The standard InChI is InChI=1S/C17H33N7O8/c1-7(26)11(18)14(29)24-12(8(2)27)15(30)22-9(4-3-5-21-17(19)20)13(28)23-10(6-25)16(31)32/h7-12,25-27H,3-6,18H2,1-2H3,(H,22,30)(H,23,28)(H,24,29)(H,31,32)(H4,19,20,21). The Labute approximate surface area is 184 Å². The van der Waals surface area contributed by atoms with Crippen molar-refractivity contribution in [3.05, 3.63) is 0 Å². The summed E-state index contributed by atoms with van der Waals surface area (Å²) in [5.74, 6) is -4.49. The van der Waals surface area contributed by atoms with E-state index < -0.39 is 66.7 Å². The molecule has 15 heteroatoms. The molecule has 0 radical (unpaired) electrons. The van der Waals surface area contributed by atoms with Crippen molar-refractivity contribution in [3.63, 3.8) is 0 Å². The molecule has 0 aliphatic heterocycles. The molecule has 0 aromatic rings. The van der Waals surface area contributed by atoms with Gasteiger partial charge in [-0.1, -0.05) is 0 Å². The Kier molecular flexibility index (Phi) is 12.8. The summed E-state index contributed by atoms with van der Waals surface area (Å²) in [6.07, 6.45) is -2.48. The minimum Gasteiger partial charge on any atom is -0.480 e. The highest BCUT2D eigenvalue weighted by Crippen LogP contribution is 2.03. The van der Waals surface area contributed by atoms with Gasteiger partial charge in [-0.3, -0.25) is 19.4 Å². The number of aliphatic hydroxyl groups is 3. The third kappa shape index (κ3) is 10.3. The van der Waals surface area contributed by atoms with Crippen LogP contribution in [0.3, 0.4) is 0 Å². The van der Waals surface area contributed by atoms with Gasteiger partial charge in [-0.2, -0.15) is 0 Å². The monoisotopic (exact) mass is 463 g/mol. The molecule has 0 heterocycles. The van der Waals surface area contributed by atoms with E-state index in [0.29, 0.717) is 0 Å². The fourth-order valence-corrected chi connectivity index (χ4v) is 2.37. The molecule has 6 unspecified atom stereocenters. The quantitative estimate of drug-likeness (QED) is 0.0659. The number of nitrogens with zero attached hydrogens (tertiary/aromatic N) is 1. The van der Waals surface area contributed by atoms with Crippen molar-refractivity contribution in [1.29, 1.82) is 0 Å². The molecular weight excluding hydrogens is 430 g/mol. The molecule has 0 bridgehead atoms. The van der Waals surface area contributed by atoms with Crippen LogP contribution < -0.4 is 33.2 Å². The zero-order valence-corrected chi connectivity index (χ0v) is 17.9. The maximum absolute atomic E-state index is 12.7. The second-order valence-electron chi connectivity index (χ2n) is 7.09. The molecule has 0 spiro atoms. The minimum absolute atomic E-state index is 0.0419. The van der Waals surface area contributed by atoms with E-state index in [1.54, 1.807) is 0 Å². The molecule has 0 saturated carbocycles. The number of hydrogen-bond acceptors (Lipinski definition) is 9. The number of aliphatic hydroxyl groups excluding tert-OH is 3. The first-order valence-corrected chi connectivity index (χ1v) is 9.73. The Bertz CT molecular complexity index is 682. The van der Waals surface area contributed by atoms with Gasteiger partial charge in [0.2, 0.25) is 17.7 Å². The fraction of sp³-hybridized carbons (Fsp3) is 0.706. The number of carbonyl (C=O) groups is 4. The summed E-state index contributed by atoms with van der Waals surface area (Å²) in [4.78, 5) is 52.0. The lowest BCUT2D eigenvalue weighted by Crippen LogP contribution is -2.60. The van der Waals surface area contributed by atoms with E-state index in [4.69, 9.17) is 27.4 Å². The van der Waals surface area contributed by atoms with Crippen LogP contribution >= 0.6 is 0 Å². The Morgan fingerprint density at radius 2 is 1.47 bits per heavy atom. The van der Waals surface area contributed by atoms with Gasteiger partial charge in [-0.25, -0.2) is 4.79 Å². The molecule has 0 rings (SSSR count). The van der Waals surface area contributed by atoms with Gasteiger partial charge in [0.05, 0.1) is 18.8 Å². The number of aliphatic carboxylic acids is 1. The Hall–Kier alpha value is -3.01. The van der Waals surface area contributed by atoms with Crippen molar-refractivity contribution in [2.75, 3.05) is 13.2 Å². The molecule has 0 fully saturated rings. The molecule has 0 aliphatic rings. The fourth-order valence-electron chi connectivity index (χ4n) is 2.37. The van der Waals surface area contributed by atoms with Crippen molar-refractivity contribution in [1.82, 2.24) is 16.0 Å². The number of aliphatic imine (C=N–C) groups is 1. The van der Waals surface area contributed by atoms with Gasteiger partial charge < -0.3 is 53.6 Å². The maximum atomic E-state index is 12.7. The van der Waals surface area contributed by atoms with E-state index >= 15 is 0 Å². The lowest BCUT2D eigenvalue weighted by atomic mass is 10.1. The SMILES string of the molecule is CC(O)C(N)C(=O)NC(C(=O)NC(CCCN=C(N)N)C(=O)NC(CO)C(=O)O)C(C)O. The second-order valence-corrected chi connectivity index (χ2v) is 7.09. The van der Waals surface area contributed by atoms with Gasteiger partial charge in [0, 0.05) is 6.54 Å². The molecule has 13 N–H and O–H groups in total. The number of rotatable bonds is 14. The zero-order chi connectivity index (χ0) is 25.0. The average Bonchev–Trinajstić information content (AvgIpc) is 2.70. The minimum atomic E-state index is -1.61. The third-order valence-electron chi connectivity index (χ3n) is 4.26. The topological polar surface area (TPSA) is 276 Å². The number of guanidine groups is 1. The van der Waals surface area contributed by atoms with Gasteiger partial charge in [-0.15, -0.1) is 0 Å². The van der Waals surface area contributed by atoms with Crippen LogP contribution in [-0.4, -0.2) is 99.6 Å². The molecule has 0 aromatic carbocycles. The predicted molar refractivity (Wildman–Crippen MR) is 112 cm³/mol. The number of carboxylic acid groups (broad SMARTS) is 1. The highest BCUT2D eigenvalue weighted by molar-refractivity contribution is 5.94. The van der Waals surface area contributed by atoms with E-state index in [0.717, 1.165) is 0 Å². The lowest BCUT2D eigenvalue weighted by molar-refractivity contribution is -0.143. The molecule has 15 nitrogen and oxygen atoms in total. The van der Waals surface area contributed by atoms with E-state index in [1.807, 2.05) is 0 Å². The summed E-state index contributed by atoms with van der Waals surface area (Å²) in [5.41, 5.74) is 16.0. The van der Waals surface area contributed by atoms with Crippen molar-refractivity contribution in [2.45, 2.75) is 63.1 Å². The summed E-state index contributed by atoms with van der Waals surface area (Å²) < 4.78 is 0. The summed E-state index contributed by atoms with van der Waals surface area (Å²) in [7, 11) is 0. The van der Waals surface area contributed by atoms with Gasteiger partial charge >= 0.3 is 5.97 Å². The van der Waals surface area contributed by atoms with Crippen molar-refractivity contribution >= 4 is 29.7 Å². The molecular formula is C17H33N7O8. The van der Waals surface area contributed by atoms with Gasteiger partial charge in [0.1, 0.15) is 24.2 Å². The first kappa shape index (κ1) is 29.0. The van der Waals surface area contributed by atoms with Crippen LogP contribution in [-0.2, 0) is 19.2 Å². The van der Waals surface area contributed by atoms with Crippen LogP contribution in [0.4, 0.5) is 0 Å². The lowest BCUT2D eigenvalue weighted by Gasteiger charge is -2.26. The van der Waals surface area contributed by atoms with E-state index in [1.165, 1.54) is 13.8 Å². The van der Waals surface area contributed by atoms with Gasteiger partial charge in [0.15, 0.2) is 5.96 Å².